The molecule has 1 saturated heterocycles. The molecule has 0 bridgehead atoms. The fourth-order valence-electron chi connectivity index (χ4n) is 2.91. The number of hydrogen-bond acceptors (Lipinski definition) is 4. The van der Waals surface area contributed by atoms with Crippen molar-refractivity contribution in [2.45, 2.75) is 48.9 Å². The summed E-state index contributed by atoms with van der Waals surface area (Å²) in [5.41, 5.74) is 0.582. The van der Waals surface area contributed by atoms with Crippen LogP contribution in [0.1, 0.15) is 26.2 Å². The molecule has 2 atom stereocenters. The lowest BCUT2D eigenvalue weighted by Crippen LogP contribution is -2.50. The molecule has 1 aromatic rings. The maximum Gasteiger partial charge on any atom is 0.288 e. The number of aliphatic hydroxyl groups is 1. The maximum absolute atomic E-state index is 12.3. The zero-order valence-corrected chi connectivity index (χ0v) is 13.9. The Morgan fingerprint density at radius 2 is 2.09 bits per heavy atom. The van der Waals surface area contributed by atoms with Crippen LogP contribution in [0.2, 0.25) is 0 Å². The lowest BCUT2D eigenvalue weighted by Gasteiger charge is -2.39. The van der Waals surface area contributed by atoms with E-state index in [1.165, 1.54) is 0 Å². The molecule has 1 fully saturated rings. The number of likely N-dealkylation sites (tertiary alicyclic amines) is 1. The zero-order valence-electron chi connectivity index (χ0n) is 13.0. The molecule has 0 saturated carbocycles. The number of alkyl halides is 2. The molecule has 1 aliphatic rings. The van der Waals surface area contributed by atoms with Crippen LogP contribution in [0.15, 0.2) is 29.2 Å². The number of hydrogen-bond donors (Lipinski definition) is 2. The van der Waals surface area contributed by atoms with Crippen LogP contribution in [-0.2, 0) is 4.79 Å². The highest BCUT2D eigenvalue weighted by Gasteiger charge is 2.28. The van der Waals surface area contributed by atoms with Gasteiger partial charge in [-0.15, -0.1) is 0 Å². The monoisotopic (exact) mass is 344 g/mol. The third kappa shape index (κ3) is 5.44. The standard InChI is InChI=1S/C16H22F2N2O2S/c1-11-3-2-4-13(10-21)20(11)9-15(22)19-12-5-7-14(8-6-12)23-16(17)18/h5-8,11,13,16,21H,2-4,9-10H2,1H3,(H,19,22). The topological polar surface area (TPSA) is 52.6 Å². The largest absolute Gasteiger partial charge is 0.395 e. The molecule has 128 valence electrons. The van der Waals surface area contributed by atoms with Gasteiger partial charge in [0, 0.05) is 22.7 Å². The highest BCUT2D eigenvalue weighted by molar-refractivity contribution is 7.99. The molecule has 1 amide bonds. The third-order valence-electron chi connectivity index (χ3n) is 4.09. The Morgan fingerprint density at radius 3 is 2.70 bits per heavy atom. The SMILES string of the molecule is CC1CCCC(CO)N1CC(=O)Nc1ccc(SC(F)F)cc1. The van der Waals surface area contributed by atoms with Crippen LogP contribution in [0.25, 0.3) is 0 Å². The normalized spacial score (nSPS) is 22.3. The fourth-order valence-corrected chi connectivity index (χ4v) is 3.41. The average Bonchev–Trinajstić information content (AvgIpc) is 2.50. The van der Waals surface area contributed by atoms with Crippen LogP contribution in [-0.4, -0.2) is 46.9 Å². The van der Waals surface area contributed by atoms with E-state index in [0.29, 0.717) is 22.3 Å². The number of thioether (sulfide) groups is 1. The minimum atomic E-state index is -2.45. The first kappa shape index (κ1) is 18.2. The van der Waals surface area contributed by atoms with Gasteiger partial charge in [0.05, 0.1) is 13.2 Å². The second-order valence-corrected chi connectivity index (χ2v) is 6.80. The third-order valence-corrected chi connectivity index (χ3v) is 4.82. The van der Waals surface area contributed by atoms with Crippen molar-refractivity contribution in [2.75, 3.05) is 18.5 Å². The highest BCUT2D eigenvalue weighted by atomic mass is 32.2. The lowest BCUT2D eigenvalue weighted by atomic mass is 9.97. The molecule has 23 heavy (non-hydrogen) atoms. The summed E-state index contributed by atoms with van der Waals surface area (Å²) < 4.78 is 24.5. The summed E-state index contributed by atoms with van der Waals surface area (Å²) >= 11 is 0.476. The van der Waals surface area contributed by atoms with Crippen molar-refractivity contribution in [3.05, 3.63) is 24.3 Å². The van der Waals surface area contributed by atoms with E-state index < -0.39 is 5.76 Å². The molecular formula is C16H22F2N2O2S. The van der Waals surface area contributed by atoms with E-state index in [4.69, 9.17) is 0 Å². The van der Waals surface area contributed by atoms with Crippen LogP contribution in [0.5, 0.6) is 0 Å². The molecule has 7 heteroatoms. The van der Waals surface area contributed by atoms with Gasteiger partial charge in [-0.1, -0.05) is 18.2 Å². The summed E-state index contributed by atoms with van der Waals surface area (Å²) in [4.78, 5) is 14.7. The van der Waals surface area contributed by atoms with Crippen LogP contribution >= 0.6 is 11.8 Å². The van der Waals surface area contributed by atoms with Crippen LogP contribution < -0.4 is 5.32 Å². The van der Waals surface area contributed by atoms with Gasteiger partial charge in [0.2, 0.25) is 5.91 Å². The summed E-state index contributed by atoms with van der Waals surface area (Å²) in [6, 6.07) is 6.64. The van der Waals surface area contributed by atoms with Crippen molar-refractivity contribution in [3.63, 3.8) is 0 Å². The van der Waals surface area contributed by atoms with Crippen LogP contribution in [0, 0.1) is 0 Å². The first-order valence-corrected chi connectivity index (χ1v) is 8.59. The zero-order chi connectivity index (χ0) is 16.8. The van der Waals surface area contributed by atoms with Crippen LogP contribution in [0.4, 0.5) is 14.5 Å². The van der Waals surface area contributed by atoms with Crippen molar-refractivity contribution >= 4 is 23.4 Å². The van der Waals surface area contributed by atoms with Crippen molar-refractivity contribution < 1.29 is 18.7 Å². The van der Waals surface area contributed by atoms with Crippen LogP contribution in [0.3, 0.4) is 0 Å². The molecule has 0 spiro atoms. The molecule has 1 heterocycles. The number of nitrogens with one attached hydrogen (secondary N) is 1. The Kier molecular flexibility index (Phi) is 6.80. The van der Waals surface area contributed by atoms with Gasteiger partial charge in [-0.05, 0) is 44.0 Å². The van der Waals surface area contributed by atoms with Crippen molar-refractivity contribution in [3.8, 4) is 0 Å². The van der Waals surface area contributed by atoms with E-state index in [9.17, 15) is 18.7 Å². The molecule has 2 N–H and O–H groups in total. The number of benzene rings is 1. The van der Waals surface area contributed by atoms with Gasteiger partial charge in [-0.3, -0.25) is 9.69 Å². The molecule has 1 aliphatic heterocycles. The molecular weight excluding hydrogens is 322 g/mol. The Bertz CT molecular complexity index is 513. The summed E-state index contributed by atoms with van der Waals surface area (Å²) in [5.74, 6) is -2.61. The van der Waals surface area contributed by atoms with Crippen molar-refractivity contribution in [1.29, 1.82) is 0 Å². The Labute approximate surface area is 139 Å². The van der Waals surface area contributed by atoms with Gasteiger partial charge < -0.3 is 10.4 Å². The lowest BCUT2D eigenvalue weighted by molar-refractivity contribution is -0.119. The number of anilines is 1. The number of carbonyl (C=O) groups excluding carboxylic acids is 1. The minimum absolute atomic E-state index is 0.0225. The summed E-state index contributed by atoms with van der Waals surface area (Å²) in [6.45, 7) is 2.34. The number of nitrogens with zero attached hydrogens (tertiary/aromatic N) is 1. The summed E-state index contributed by atoms with van der Waals surface area (Å²) in [6.07, 6.45) is 2.98. The molecule has 0 aliphatic carbocycles. The predicted molar refractivity (Wildman–Crippen MR) is 87.8 cm³/mol. The summed E-state index contributed by atoms with van der Waals surface area (Å²) in [7, 11) is 0. The summed E-state index contributed by atoms with van der Waals surface area (Å²) in [5, 5.41) is 12.2. The van der Waals surface area contributed by atoms with Gasteiger partial charge >= 0.3 is 0 Å². The molecule has 0 aromatic heterocycles. The average molecular weight is 344 g/mol. The number of halogens is 2. The first-order chi connectivity index (χ1) is 11.0. The van der Waals surface area contributed by atoms with Crippen molar-refractivity contribution in [2.24, 2.45) is 0 Å². The fraction of sp³-hybridized carbons (Fsp3) is 0.562. The highest BCUT2D eigenvalue weighted by Crippen LogP contribution is 2.26. The van der Waals surface area contributed by atoms with Gasteiger partial charge in [-0.2, -0.15) is 8.78 Å². The van der Waals surface area contributed by atoms with Gasteiger partial charge in [0.15, 0.2) is 0 Å². The quantitative estimate of drug-likeness (QED) is 0.779. The number of carbonyl (C=O) groups is 1. The minimum Gasteiger partial charge on any atom is -0.395 e. The van der Waals surface area contributed by atoms with Gasteiger partial charge in [0.1, 0.15) is 0 Å². The predicted octanol–water partition coefficient (Wildman–Crippen LogP) is 3.18. The number of piperidine rings is 1. The Balaban J connectivity index is 1.90. The number of amides is 1. The molecule has 2 unspecified atom stereocenters. The van der Waals surface area contributed by atoms with Crippen molar-refractivity contribution in [1.82, 2.24) is 4.90 Å². The Morgan fingerprint density at radius 1 is 1.39 bits per heavy atom. The van der Waals surface area contributed by atoms with E-state index in [0.717, 1.165) is 19.3 Å². The second kappa shape index (κ2) is 8.61. The number of rotatable bonds is 6. The smallest absolute Gasteiger partial charge is 0.288 e. The molecule has 1 aromatic carbocycles. The molecule has 2 rings (SSSR count). The maximum atomic E-state index is 12.3. The number of aliphatic hydroxyl groups excluding tert-OH is 1. The Hall–Kier alpha value is -1.18. The van der Waals surface area contributed by atoms with E-state index >= 15 is 0 Å². The molecule has 4 nitrogen and oxygen atoms in total. The molecule has 0 radical (unpaired) electrons. The second-order valence-electron chi connectivity index (χ2n) is 5.74. The van der Waals surface area contributed by atoms with E-state index in [1.807, 2.05) is 4.90 Å². The van der Waals surface area contributed by atoms with E-state index in [2.05, 4.69) is 12.2 Å². The van der Waals surface area contributed by atoms with Gasteiger partial charge in [0.25, 0.3) is 5.76 Å². The van der Waals surface area contributed by atoms with Gasteiger partial charge in [-0.25, -0.2) is 0 Å². The first-order valence-electron chi connectivity index (χ1n) is 7.71. The van der Waals surface area contributed by atoms with E-state index in [-0.39, 0.29) is 31.1 Å². The van der Waals surface area contributed by atoms with E-state index in [1.54, 1.807) is 24.3 Å².